The van der Waals surface area contributed by atoms with Crippen LogP contribution in [0.3, 0.4) is 0 Å². The van der Waals surface area contributed by atoms with Gasteiger partial charge in [-0.3, -0.25) is 10.1 Å². The Labute approximate surface area is 195 Å². The number of aromatic nitrogens is 4. The Kier molecular flexibility index (Phi) is 5.44. The van der Waals surface area contributed by atoms with Crippen molar-refractivity contribution in [1.29, 1.82) is 0 Å². The van der Waals surface area contributed by atoms with Gasteiger partial charge in [-0.15, -0.1) is 11.3 Å². The molecule has 34 heavy (non-hydrogen) atoms. The third-order valence-corrected chi connectivity index (χ3v) is 5.91. The van der Waals surface area contributed by atoms with E-state index in [1.807, 2.05) is 0 Å². The molecule has 1 aromatic carbocycles. The van der Waals surface area contributed by atoms with Crippen LogP contribution in [0.1, 0.15) is 15.9 Å². The number of carbonyl (C=O) groups is 1. The molecule has 8 nitrogen and oxygen atoms in total. The zero-order valence-corrected chi connectivity index (χ0v) is 18.3. The fourth-order valence-electron chi connectivity index (χ4n) is 3.67. The van der Waals surface area contributed by atoms with E-state index in [1.165, 1.54) is 11.3 Å². The third-order valence-electron chi connectivity index (χ3n) is 5.22. The van der Waals surface area contributed by atoms with Gasteiger partial charge in [0.05, 0.1) is 29.7 Å². The van der Waals surface area contributed by atoms with Gasteiger partial charge in [0.1, 0.15) is 29.5 Å². The number of anilines is 2. The average Bonchev–Trinajstić information content (AvgIpc) is 3.47. The zero-order chi connectivity index (χ0) is 23.9. The molecule has 0 unspecified atom stereocenters. The van der Waals surface area contributed by atoms with Crippen molar-refractivity contribution in [1.82, 2.24) is 19.9 Å². The number of benzene rings is 1. The molecular formula is C22H17F3N6O2S. The maximum absolute atomic E-state index is 14.0. The molecule has 1 aliphatic rings. The summed E-state index contributed by atoms with van der Waals surface area (Å²) < 4.78 is 47.4. The normalized spacial score (nSPS) is 14.3. The summed E-state index contributed by atoms with van der Waals surface area (Å²) in [7, 11) is 0. The van der Waals surface area contributed by atoms with Crippen molar-refractivity contribution in [2.75, 3.05) is 29.9 Å². The number of carbonyl (C=O) groups excluding carboxylic acids is 1. The Balaban J connectivity index is 1.55. The Morgan fingerprint density at radius 2 is 2.15 bits per heavy atom. The number of ether oxygens (including phenoxy) is 1. The standard InChI is InChI=1S/C22H17F3N6O2S/c1-12-11-31(6-7-33-12)17-9-15(22(23,24)25)14(10-27-17)19-28-16-4-2-3-13(18(16)29-19)20(32)30-21-26-5-8-34-21/h2-5,8-10H,1,6-7,11H2,(H,28,29)(H,26,30,32). The van der Waals surface area contributed by atoms with Crippen molar-refractivity contribution in [3.05, 3.63) is 65.5 Å². The number of pyridine rings is 1. The van der Waals surface area contributed by atoms with E-state index < -0.39 is 17.6 Å². The quantitative estimate of drug-likeness (QED) is 0.434. The first-order valence-electron chi connectivity index (χ1n) is 10.1. The number of imidazole rings is 1. The molecule has 1 fully saturated rings. The van der Waals surface area contributed by atoms with Gasteiger partial charge in [-0.25, -0.2) is 15.0 Å². The average molecular weight is 486 g/mol. The molecule has 1 amide bonds. The first kappa shape index (κ1) is 21.9. The Morgan fingerprint density at radius 3 is 2.88 bits per heavy atom. The first-order valence-corrected chi connectivity index (χ1v) is 11.0. The number of rotatable bonds is 4. The zero-order valence-electron chi connectivity index (χ0n) is 17.5. The molecule has 5 rings (SSSR count). The number of hydrogen-bond donors (Lipinski definition) is 2. The molecule has 0 spiro atoms. The summed E-state index contributed by atoms with van der Waals surface area (Å²) in [5, 5.41) is 4.78. The van der Waals surface area contributed by atoms with Crippen LogP contribution in [0.5, 0.6) is 0 Å². The number of alkyl halides is 3. The lowest BCUT2D eigenvalue weighted by Crippen LogP contribution is -2.35. The number of H-pyrrole nitrogens is 1. The van der Waals surface area contributed by atoms with Crippen LogP contribution in [0.4, 0.5) is 24.1 Å². The fourth-order valence-corrected chi connectivity index (χ4v) is 4.19. The predicted molar refractivity (Wildman–Crippen MR) is 122 cm³/mol. The van der Waals surface area contributed by atoms with Crippen LogP contribution in [0.2, 0.25) is 0 Å². The summed E-state index contributed by atoms with van der Waals surface area (Å²) in [6.07, 6.45) is -1.96. The Morgan fingerprint density at radius 1 is 1.29 bits per heavy atom. The lowest BCUT2D eigenvalue weighted by molar-refractivity contribution is -0.137. The number of morpholine rings is 1. The van der Waals surface area contributed by atoms with Crippen molar-refractivity contribution in [3.63, 3.8) is 0 Å². The number of halogens is 3. The van der Waals surface area contributed by atoms with Gasteiger partial charge in [0.15, 0.2) is 5.13 Å². The molecule has 0 aliphatic carbocycles. The van der Waals surface area contributed by atoms with E-state index in [1.54, 1.807) is 34.7 Å². The highest BCUT2D eigenvalue weighted by Gasteiger charge is 2.36. The van der Waals surface area contributed by atoms with Gasteiger partial charge in [-0.2, -0.15) is 13.2 Å². The van der Waals surface area contributed by atoms with Crippen LogP contribution < -0.4 is 10.2 Å². The number of hydrogen-bond acceptors (Lipinski definition) is 7. The van der Waals surface area contributed by atoms with Crippen molar-refractivity contribution in [3.8, 4) is 11.4 Å². The Bertz CT molecular complexity index is 1380. The fraction of sp³-hybridized carbons (Fsp3) is 0.182. The van der Waals surface area contributed by atoms with Gasteiger partial charge in [0.2, 0.25) is 0 Å². The van der Waals surface area contributed by atoms with E-state index >= 15 is 0 Å². The van der Waals surface area contributed by atoms with Crippen molar-refractivity contribution in [2.45, 2.75) is 6.18 Å². The maximum Gasteiger partial charge on any atom is 0.417 e. The monoisotopic (exact) mass is 486 g/mol. The summed E-state index contributed by atoms with van der Waals surface area (Å²) >= 11 is 1.25. The molecule has 0 bridgehead atoms. The van der Waals surface area contributed by atoms with Crippen molar-refractivity contribution >= 4 is 39.2 Å². The lowest BCUT2D eigenvalue weighted by atomic mass is 10.1. The molecule has 4 heterocycles. The van der Waals surface area contributed by atoms with E-state index in [2.05, 4.69) is 31.8 Å². The number of thiazole rings is 1. The van der Waals surface area contributed by atoms with Crippen molar-refractivity contribution in [2.24, 2.45) is 0 Å². The maximum atomic E-state index is 14.0. The molecule has 3 aromatic heterocycles. The van der Waals surface area contributed by atoms with Crippen molar-refractivity contribution < 1.29 is 22.7 Å². The van der Waals surface area contributed by atoms with Gasteiger partial charge < -0.3 is 14.6 Å². The lowest BCUT2D eigenvalue weighted by Gasteiger charge is -2.30. The summed E-state index contributed by atoms with van der Waals surface area (Å²) in [6, 6.07) is 5.81. The van der Waals surface area contributed by atoms with Crippen LogP contribution in [-0.4, -0.2) is 45.5 Å². The van der Waals surface area contributed by atoms with Crippen LogP contribution in [-0.2, 0) is 10.9 Å². The van der Waals surface area contributed by atoms with E-state index in [4.69, 9.17) is 4.74 Å². The SMILES string of the molecule is C=C1CN(c2cc(C(F)(F)F)c(-c3nc4c(C(=O)Nc5nccs5)cccc4[nH]3)cn2)CCO1. The van der Waals surface area contributed by atoms with Gasteiger partial charge in [0.25, 0.3) is 5.91 Å². The molecule has 1 saturated heterocycles. The summed E-state index contributed by atoms with van der Waals surface area (Å²) in [5.41, 5.74) is -0.231. The minimum absolute atomic E-state index is 0.0396. The number of amides is 1. The molecule has 1 aliphatic heterocycles. The van der Waals surface area contributed by atoms with Crippen LogP contribution >= 0.6 is 11.3 Å². The van der Waals surface area contributed by atoms with E-state index in [0.29, 0.717) is 29.6 Å². The smallest absolute Gasteiger partial charge is 0.417 e. The molecule has 12 heteroatoms. The highest BCUT2D eigenvalue weighted by Crippen LogP contribution is 2.38. The van der Waals surface area contributed by atoms with Gasteiger partial charge in [0, 0.05) is 23.3 Å². The first-order chi connectivity index (χ1) is 16.3. The number of nitrogens with one attached hydrogen (secondary N) is 2. The third kappa shape index (κ3) is 4.19. The molecule has 0 radical (unpaired) electrons. The molecule has 0 saturated carbocycles. The Hall–Kier alpha value is -3.93. The summed E-state index contributed by atoms with van der Waals surface area (Å²) in [4.78, 5) is 29.9. The summed E-state index contributed by atoms with van der Waals surface area (Å²) in [6.45, 7) is 4.70. The molecule has 4 aromatic rings. The summed E-state index contributed by atoms with van der Waals surface area (Å²) in [5.74, 6) is 0.129. The second kappa shape index (κ2) is 8.45. The molecular weight excluding hydrogens is 469 g/mol. The molecule has 174 valence electrons. The van der Waals surface area contributed by atoms with Crippen LogP contribution in [0, 0.1) is 0 Å². The van der Waals surface area contributed by atoms with E-state index in [-0.39, 0.29) is 34.8 Å². The molecule has 0 atom stereocenters. The molecule has 2 N–H and O–H groups in total. The van der Waals surface area contributed by atoms with E-state index in [9.17, 15) is 18.0 Å². The minimum Gasteiger partial charge on any atom is -0.495 e. The number of fused-ring (bicyclic) bond motifs is 1. The number of nitrogens with zero attached hydrogens (tertiary/aromatic N) is 4. The van der Waals surface area contributed by atoms with Crippen LogP contribution in [0.25, 0.3) is 22.4 Å². The second-order valence-corrected chi connectivity index (χ2v) is 8.37. The highest BCUT2D eigenvalue weighted by atomic mass is 32.1. The van der Waals surface area contributed by atoms with Crippen LogP contribution in [0.15, 0.2) is 54.4 Å². The van der Waals surface area contributed by atoms with E-state index in [0.717, 1.165) is 12.3 Å². The van der Waals surface area contributed by atoms with Gasteiger partial charge >= 0.3 is 6.18 Å². The minimum atomic E-state index is -4.65. The second-order valence-electron chi connectivity index (χ2n) is 7.47. The number of aromatic amines is 1. The van der Waals surface area contributed by atoms with Gasteiger partial charge in [-0.1, -0.05) is 12.6 Å². The largest absolute Gasteiger partial charge is 0.495 e. The number of para-hydroxylation sites is 1. The highest BCUT2D eigenvalue weighted by molar-refractivity contribution is 7.13. The predicted octanol–water partition coefficient (Wildman–Crippen LogP) is 4.70. The topological polar surface area (TPSA) is 96.0 Å². The van der Waals surface area contributed by atoms with Gasteiger partial charge in [-0.05, 0) is 18.2 Å².